The normalized spacial score (nSPS) is 27.1. The van der Waals surface area contributed by atoms with Gasteiger partial charge in [0, 0.05) is 13.5 Å². The molecule has 1 aromatic rings. The van der Waals surface area contributed by atoms with Crippen LogP contribution in [0.25, 0.3) is 0 Å². The van der Waals surface area contributed by atoms with E-state index in [-0.39, 0.29) is 0 Å². The summed E-state index contributed by atoms with van der Waals surface area (Å²) in [5, 5.41) is 16.0. The van der Waals surface area contributed by atoms with E-state index in [0.717, 1.165) is 37.1 Å². The van der Waals surface area contributed by atoms with Crippen molar-refractivity contribution in [1.82, 2.24) is 9.78 Å². The maximum atomic E-state index is 10.9. The van der Waals surface area contributed by atoms with Gasteiger partial charge in [0.15, 0.2) is 0 Å². The van der Waals surface area contributed by atoms with Gasteiger partial charge in [0.1, 0.15) is 0 Å². The van der Waals surface area contributed by atoms with Gasteiger partial charge in [-0.05, 0) is 43.9 Å². The van der Waals surface area contributed by atoms with E-state index in [0.29, 0.717) is 22.8 Å². The van der Waals surface area contributed by atoms with Gasteiger partial charge in [-0.3, -0.25) is 4.68 Å². The molecule has 3 nitrogen and oxygen atoms in total. The lowest BCUT2D eigenvalue weighted by atomic mass is 9.66. The lowest BCUT2D eigenvalue weighted by Gasteiger charge is -2.42. The Morgan fingerprint density at radius 3 is 2.38 bits per heavy atom. The average Bonchev–Trinajstić information content (AvgIpc) is 2.66. The van der Waals surface area contributed by atoms with Crippen LogP contribution in [0.1, 0.15) is 64.3 Å². The quantitative estimate of drug-likeness (QED) is 0.901. The number of hydrogen-bond acceptors (Lipinski definition) is 2. The minimum Gasteiger partial charge on any atom is -0.389 e. The van der Waals surface area contributed by atoms with Crippen molar-refractivity contribution in [2.24, 2.45) is 18.4 Å². The Bertz CT molecular complexity index is 499. The Morgan fingerprint density at radius 1 is 1.38 bits per heavy atom. The zero-order valence-corrected chi connectivity index (χ0v) is 14.8. The first-order chi connectivity index (χ1) is 9.68. The third kappa shape index (κ3) is 3.45. The van der Waals surface area contributed by atoms with Crippen LogP contribution < -0.4 is 0 Å². The van der Waals surface area contributed by atoms with E-state index in [1.807, 2.05) is 18.7 Å². The third-order valence-corrected chi connectivity index (χ3v) is 6.18. The highest BCUT2D eigenvalue weighted by atomic mass is 35.5. The van der Waals surface area contributed by atoms with Crippen LogP contribution in [-0.2, 0) is 13.5 Å². The lowest BCUT2D eigenvalue weighted by molar-refractivity contribution is -0.0287. The summed E-state index contributed by atoms with van der Waals surface area (Å²) < 4.78 is 1.82. The molecule has 1 aromatic heterocycles. The molecule has 1 aliphatic carbocycles. The number of nitrogens with zero attached hydrogens (tertiary/aromatic N) is 2. The van der Waals surface area contributed by atoms with Crippen LogP contribution in [0.5, 0.6) is 0 Å². The smallest absolute Gasteiger partial charge is 0.0848 e. The van der Waals surface area contributed by atoms with Crippen molar-refractivity contribution in [2.75, 3.05) is 0 Å². The largest absolute Gasteiger partial charge is 0.389 e. The van der Waals surface area contributed by atoms with Crippen LogP contribution in [0.15, 0.2) is 0 Å². The number of aryl methyl sites for hydroxylation is 2. The Balaban J connectivity index is 2.06. The second kappa shape index (κ2) is 5.92. The topological polar surface area (TPSA) is 38.1 Å². The third-order valence-electron chi connectivity index (χ3n) is 5.69. The van der Waals surface area contributed by atoms with Gasteiger partial charge in [-0.15, -0.1) is 0 Å². The molecule has 0 spiro atoms. The zero-order valence-electron chi connectivity index (χ0n) is 14.0. The Hall–Kier alpha value is -0.540. The van der Waals surface area contributed by atoms with Crippen LogP contribution >= 0.6 is 11.6 Å². The Labute approximate surface area is 133 Å². The minimum atomic E-state index is -0.621. The number of aliphatic hydroxyl groups is 1. The fourth-order valence-corrected chi connectivity index (χ4v) is 3.81. The van der Waals surface area contributed by atoms with Crippen molar-refractivity contribution >= 4 is 11.6 Å². The maximum Gasteiger partial charge on any atom is 0.0848 e. The number of halogens is 1. The van der Waals surface area contributed by atoms with Crippen molar-refractivity contribution in [3.05, 3.63) is 16.4 Å². The summed E-state index contributed by atoms with van der Waals surface area (Å²) in [6.45, 7) is 8.88. The van der Waals surface area contributed by atoms with Gasteiger partial charge < -0.3 is 5.11 Å². The molecule has 0 aromatic carbocycles. The van der Waals surface area contributed by atoms with Gasteiger partial charge in [-0.1, -0.05) is 38.8 Å². The van der Waals surface area contributed by atoms with Crippen molar-refractivity contribution in [2.45, 2.75) is 71.8 Å². The highest BCUT2D eigenvalue weighted by Gasteiger charge is 2.39. The summed E-state index contributed by atoms with van der Waals surface area (Å²) in [5.41, 5.74) is 1.56. The summed E-state index contributed by atoms with van der Waals surface area (Å²) in [6.07, 6.45) is 5.74. The van der Waals surface area contributed by atoms with E-state index in [1.165, 1.54) is 6.42 Å². The molecule has 1 N–H and O–H groups in total. The van der Waals surface area contributed by atoms with Gasteiger partial charge in [0.05, 0.1) is 22.0 Å². The molecule has 1 heterocycles. The van der Waals surface area contributed by atoms with Crippen LogP contribution in [0.4, 0.5) is 0 Å². The first kappa shape index (κ1) is 16.8. The highest BCUT2D eigenvalue weighted by molar-refractivity contribution is 6.31. The number of aromatic nitrogens is 2. The molecule has 0 unspecified atom stereocenters. The van der Waals surface area contributed by atoms with Crippen LogP contribution in [0, 0.1) is 18.3 Å². The van der Waals surface area contributed by atoms with Crippen molar-refractivity contribution in [3.8, 4) is 0 Å². The Morgan fingerprint density at radius 2 is 1.95 bits per heavy atom. The van der Waals surface area contributed by atoms with Gasteiger partial charge in [-0.25, -0.2) is 0 Å². The molecule has 0 atom stereocenters. The fraction of sp³-hybridized carbons (Fsp3) is 0.824. The van der Waals surface area contributed by atoms with Crippen molar-refractivity contribution < 1.29 is 5.11 Å². The molecule has 1 fully saturated rings. The van der Waals surface area contributed by atoms with E-state index in [2.05, 4.69) is 25.9 Å². The summed E-state index contributed by atoms with van der Waals surface area (Å²) in [6, 6.07) is 0. The fourth-order valence-electron chi connectivity index (χ4n) is 3.59. The second-order valence-corrected chi connectivity index (χ2v) is 7.87. The SMILES string of the molecule is CCC(C)(C)C1CCC(O)(Cc2c(Cl)c(C)nn2C)CC1. The van der Waals surface area contributed by atoms with E-state index in [4.69, 9.17) is 11.6 Å². The molecule has 1 aliphatic rings. The molecular formula is C17H29ClN2O. The van der Waals surface area contributed by atoms with E-state index in [1.54, 1.807) is 0 Å². The standard InChI is InChI=1S/C17H29ClN2O/c1-6-16(3,4)13-7-9-17(21,10-8-13)11-14-15(18)12(2)19-20(14)5/h13,21H,6-11H2,1-5H3. The molecule has 0 saturated heterocycles. The predicted octanol–water partition coefficient (Wildman–Crippen LogP) is 4.28. The zero-order chi connectivity index (χ0) is 15.8. The molecule has 2 rings (SSSR count). The summed E-state index contributed by atoms with van der Waals surface area (Å²) in [7, 11) is 1.91. The summed E-state index contributed by atoms with van der Waals surface area (Å²) in [4.78, 5) is 0. The van der Waals surface area contributed by atoms with E-state index >= 15 is 0 Å². The monoisotopic (exact) mass is 312 g/mol. The molecule has 0 aliphatic heterocycles. The molecule has 0 bridgehead atoms. The Kier molecular flexibility index (Phi) is 4.75. The van der Waals surface area contributed by atoms with E-state index < -0.39 is 5.60 Å². The second-order valence-electron chi connectivity index (χ2n) is 7.49. The average molecular weight is 313 g/mol. The minimum absolute atomic E-state index is 0.377. The summed E-state index contributed by atoms with van der Waals surface area (Å²) >= 11 is 6.32. The lowest BCUT2D eigenvalue weighted by Crippen LogP contribution is -2.40. The van der Waals surface area contributed by atoms with Crippen LogP contribution in [0.3, 0.4) is 0 Å². The van der Waals surface area contributed by atoms with Gasteiger partial charge in [-0.2, -0.15) is 5.10 Å². The number of rotatable bonds is 4. The molecular weight excluding hydrogens is 284 g/mol. The molecule has 0 radical (unpaired) electrons. The van der Waals surface area contributed by atoms with Crippen molar-refractivity contribution in [3.63, 3.8) is 0 Å². The molecule has 1 saturated carbocycles. The van der Waals surface area contributed by atoms with Gasteiger partial charge in [0.2, 0.25) is 0 Å². The highest BCUT2D eigenvalue weighted by Crippen LogP contribution is 2.44. The van der Waals surface area contributed by atoms with Gasteiger partial charge in [0.25, 0.3) is 0 Å². The molecule has 0 amide bonds. The first-order valence-electron chi connectivity index (χ1n) is 8.09. The van der Waals surface area contributed by atoms with Crippen LogP contribution in [0.2, 0.25) is 5.02 Å². The van der Waals surface area contributed by atoms with Gasteiger partial charge >= 0.3 is 0 Å². The summed E-state index contributed by atoms with van der Waals surface area (Å²) in [5.74, 6) is 0.714. The number of hydrogen-bond donors (Lipinski definition) is 1. The predicted molar refractivity (Wildman–Crippen MR) is 87.6 cm³/mol. The first-order valence-corrected chi connectivity index (χ1v) is 8.47. The maximum absolute atomic E-state index is 10.9. The molecule has 4 heteroatoms. The molecule has 21 heavy (non-hydrogen) atoms. The van der Waals surface area contributed by atoms with E-state index in [9.17, 15) is 5.11 Å². The molecule has 120 valence electrons. The van der Waals surface area contributed by atoms with Crippen molar-refractivity contribution in [1.29, 1.82) is 0 Å². The van der Waals surface area contributed by atoms with Crippen LogP contribution in [-0.4, -0.2) is 20.5 Å².